The second-order valence-corrected chi connectivity index (χ2v) is 5.90. The van der Waals surface area contributed by atoms with Crippen LogP contribution in [0.1, 0.15) is 6.92 Å². The Morgan fingerprint density at radius 2 is 2.07 bits per heavy atom. The van der Waals surface area contributed by atoms with Gasteiger partial charge < -0.3 is 4.52 Å². The molecule has 0 radical (unpaired) electrons. The maximum absolute atomic E-state index is 11.4. The minimum atomic E-state index is -3.61. The standard InChI is InChI=1S/C8H8Cl3O3P/c1-2-13-15(11,12)14-8-4-3-6(9)5-7(8)10/h3-5H,2H2,1H3. The molecule has 15 heavy (non-hydrogen) atoms. The molecule has 1 aromatic rings. The van der Waals surface area contributed by atoms with Gasteiger partial charge in [0.1, 0.15) is 5.75 Å². The summed E-state index contributed by atoms with van der Waals surface area (Å²) in [5.41, 5.74) is 0. The molecule has 0 saturated heterocycles. The predicted octanol–water partition coefficient (Wildman–Crippen LogP) is 4.76. The number of rotatable bonds is 4. The van der Waals surface area contributed by atoms with Crippen molar-refractivity contribution in [3.05, 3.63) is 28.2 Å². The molecule has 1 aromatic carbocycles. The normalized spacial score (nSPS) is 14.7. The lowest BCUT2D eigenvalue weighted by Gasteiger charge is -2.12. The van der Waals surface area contributed by atoms with Crippen LogP contribution in [0.15, 0.2) is 18.2 Å². The van der Waals surface area contributed by atoms with Gasteiger partial charge in [0.05, 0.1) is 11.6 Å². The fraction of sp³-hybridized carbons (Fsp3) is 0.250. The summed E-state index contributed by atoms with van der Waals surface area (Å²) < 4.78 is 21.1. The van der Waals surface area contributed by atoms with Crippen LogP contribution in [-0.2, 0) is 9.09 Å². The van der Waals surface area contributed by atoms with Crippen LogP contribution in [0.5, 0.6) is 5.75 Å². The Labute approximate surface area is 103 Å². The van der Waals surface area contributed by atoms with E-state index in [-0.39, 0.29) is 17.4 Å². The fourth-order valence-corrected chi connectivity index (χ4v) is 2.62. The summed E-state index contributed by atoms with van der Waals surface area (Å²) in [5.74, 6) is 0.174. The van der Waals surface area contributed by atoms with Gasteiger partial charge in [0.15, 0.2) is 0 Å². The van der Waals surface area contributed by atoms with Crippen molar-refractivity contribution in [2.24, 2.45) is 0 Å². The van der Waals surface area contributed by atoms with Crippen LogP contribution in [0.3, 0.4) is 0 Å². The molecule has 0 N–H and O–H groups in total. The molecule has 0 amide bonds. The van der Waals surface area contributed by atoms with Crippen LogP contribution in [0, 0.1) is 0 Å². The smallest absolute Gasteiger partial charge is 0.412 e. The second-order valence-electron chi connectivity index (χ2n) is 2.51. The molecule has 0 aromatic heterocycles. The van der Waals surface area contributed by atoms with E-state index in [0.29, 0.717) is 5.02 Å². The van der Waals surface area contributed by atoms with Crippen LogP contribution in [0.25, 0.3) is 0 Å². The molecule has 1 atom stereocenters. The van der Waals surface area contributed by atoms with Crippen molar-refractivity contribution in [1.82, 2.24) is 0 Å². The first-order chi connectivity index (χ1) is 6.94. The molecule has 0 spiro atoms. The van der Waals surface area contributed by atoms with Gasteiger partial charge in [-0.05, 0) is 25.1 Å². The highest BCUT2D eigenvalue weighted by molar-refractivity contribution is 7.81. The molecule has 0 aliphatic heterocycles. The molecular formula is C8H8Cl3O3P. The third-order valence-corrected chi connectivity index (χ3v) is 3.40. The van der Waals surface area contributed by atoms with Gasteiger partial charge in [-0.25, -0.2) is 4.57 Å². The average molecular weight is 289 g/mol. The Balaban J connectivity index is 2.85. The molecule has 0 heterocycles. The monoisotopic (exact) mass is 288 g/mol. The van der Waals surface area contributed by atoms with E-state index < -0.39 is 6.95 Å². The molecule has 1 rings (SSSR count). The Morgan fingerprint density at radius 3 is 2.60 bits per heavy atom. The van der Waals surface area contributed by atoms with Gasteiger partial charge in [0, 0.05) is 16.3 Å². The largest absolute Gasteiger partial charge is 0.476 e. The van der Waals surface area contributed by atoms with E-state index in [1.54, 1.807) is 13.0 Å². The molecule has 0 fully saturated rings. The number of benzene rings is 1. The van der Waals surface area contributed by atoms with Gasteiger partial charge in [-0.15, -0.1) is 0 Å². The minimum Gasteiger partial charge on any atom is -0.412 e. The molecular weight excluding hydrogens is 281 g/mol. The Bertz CT molecular complexity index is 397. The van der Waals surface area contributed by atoms with E-state index in [9.17, 15) is 4.57 Å². The van der Waals surface area contributed by atoms with E-state index in [2.05, 4.69) is 0 Å². The predicted molar refractivity (Wildman–Crippen MR) is 62.2 cm³/mol. The minimum absolute atomic E-state index is 0.174. The van der Waals surface area contributed by atoms with Gasteiger partial charge in [-0.3, -0.25) is 4.52 Å². The summed E-state index contributed by atoms with van der Waals surface area (Å²) in [4.78, 5) is 0. The molecule has 7 heteroatoms. The molecule has 1 unspecified atom stereocenters. The van der Waals surface area contributed by atoms with Crippen LogP contribution >= 0.6 is 41.4 Å². The van der Waals surface area contributed by atoms with Crippen LogP contribution in [-0.4, -0.2) is 6.61 Å². The van der Waals surface area contributed by atoms with Crippen molar-refractivity contribution in [2.75, 3.05) is 6.61 Å². The van der Waals surface area contributed by atoms with Gasteiger partial charge in [-0.2, -0.15) is 0 Å². The van der Waals surface area contributed by atoms with E-state index in [1.165, 1.54) is 12.1 Å². The lowest BCUT2D eigenvalue weighted by molar-refractivity contribution is 0.295. The summed E-state index contributed by atoms with van der Waals surface area (Å²) in [7, 11) is 0. The zero-order chi connectivity index (χ0) is 11.5. The van der Waals surface area contributed by atoms with Crippen molar-refractivity contribution in [2.45, 2.75) is 6.92 Å². The Morgan fingerprint density at radius 1 is 1.40 bits per heavy atom. The SMILES string of the molecule is CCOP(=O)(Cl)Oc1ccc(Cl)cc1Cl. The number of halogens is 3. The van der Waals surface area contributed by atoms with Crippen LogP contribution in [0.4, 0.5) is 0 Å². The topological polar surface area (TPSA) is 35.5 Å². The molecule has 0 saturated carbocycles. The van der Waals surface area contributed by atoms with E-state index in [1.807, 2.05) is 0 Å². The highest BCUT2D eigenvalue weighted by Crippen LogP contribution is 2.54. The van der Waals surface area contributed by atoms with Crippen molar-refractivity contribution in [3.8, 4) is 5.75 Å². The molecule has 0 bridgehead atoms. The maximum Gasteiger partial charge on any atom is 0.476 e. The van der Waals surface area contributed by atoms with Gasteiger partial charge >= 0.3 is 6.95 Å². The van der Waals surface area contributed by atoms with Gasteiger partial charge in [-0.1, -0.05) is 23.2 Å². The van der Waals surface area contributed by atoms with Crippen molar-refractivity contribution < 1.29 is 13.6 Å². The number of hydrogen-bond donors (Lipinski definition) is 0. The zero-order valence-corrected chi connectivity index (χ0v) is 10.9. The summed E-state index contributed by atoms with van der Waals surface area (Å²) in [5, 5.41) is 0.677. The third-order valence-electron chi connectivity index (χ3n) is 1.38. The number of hydrogen-bond acceptors (Lipinski definition) is 3. The molecule has 0 aliphatic carbocycles. The van der Waals surface area contributed by atoms with Crippen LogP contribution < -0.4 is 4.52 Å². The van der Waals surface area contributed by atoms with Gasteiger partial charge in [0.25, 0.3) is 0 Å². The van der Waals surface area contributed by atoms with E-state index >= 15 is 0 Å². The lowest BCUT2D eigenvalue weighted by Crippen LogP contribution is -1.92. The highest BCUT2D eigenvalue weighted by atomic mass is 35.7. The first kappa shape index (κ1) is 13.1. The van der Waals surface area contributed by atoms with E-state index in [4.69, 9.17) is 43.5 Å². The van der Waals surface area contributed by atoms with Gasteiger partial charge in [0.2, 0.25) is 0 Å². The average Bonchev–Trinajstić information content (AvgIpc) is 2.09. The highest BCUT2D eigenvalue weighted by Gasteiger charge is 2.23. The molecule has 84 valence electrons. The summed E-state index contributed by atoms with van der Waals surface area (Å²) in [6.45, 7) is -1.77. The molecule has 0 aliphatic rings. The van der Waals surface area contributed by atoms with Crippen molar-refractivity contribution in [1.29, 1.82) is 0 Å². The van der Waals surface area contributed by atoms with Crippen molar-refractivity contribution in [3.63, 3.8) is 0 Å². The lowest BCUT2D eigenvalue weighted by atomic mass is 10.3. The maximum atomic E-state index is 11.4. The Hall–Kier alpha value is 0.0800. The summed E-state index contributed by atoms with van der Waals surface area (Å²) in [6, 6.07) is 4.48. The summed E-state index contributed by atoms with van der Waals surface area (Å²) in [6.07, 6.45) is 0. The second kappa shape index (κ2) is 5.42. The molecule has 3 nitrogen and oxygen atoms in total. The summed E-state index contributed by atoms with van der Waals surface area (Å²) >= 11 is 17.0. The fourth-order valence-electron chi connectivity index (χ4n) is 0.847. The zero-order valence-electron chi connectivity index (χ0n) is 7.75. The van der Waals surface area contributed by atoms with E-state index in [0.717, 1.165) is 0 Å². The first-order valence-electron chi connectivity index (χ1n) is 4.03. The Kier molecular flexibility index (Phi) is 4.75. The van der Waals surface area contributed by atoms with Crippen LogP contribution in [0.2, 0.25) is 10.0 Å². The van der Waals surface area contributed by atoms with Crippen molar-refractivity contribution >= 4 is 41.4 Å². The quantitative estimate of drug-likeness (QED) is 0.750. The first-order valence-corrected chi connectivity index (χ1v) is 7.24. The third kappa shape index (κ3) is 4.21.